The zero-order valence-corrected chi connectivity index (χ0v) is 20.0. The molecule has 1 atom stereocenters. The van der Waals surface area contributed by atoms with Crippen molar-refractivity contribution in [2.75, 3.05) is 33.3 Å². The SMILES string of the molecule is COc1ccc(Br)cc1CN1CCCC(C(=O)N2CCC(Cc3ccccc3)CC2)C1. The van der Waals surface area contributed by atoms with Gasteiger partial charge in [-0.2, -0.15) is 0 Å². The van der Waals surface area contributed by atoms with Crippen LogP contribution < -0.4 is 4.74 Å². The lowest BCUT2D eigenvalue weighted by Crippen LogP contribution is -2.47. The van der Waals surface area contributed by atoms with Crippen molar-refractivity contribution in [3.05, 3.63) is 64.1 Å². The molecule has 2 aliphatic rings. The number of methoxy groups -OCH3 is 1. The van der Waals surface area contributed by atoms with E-state index in [1.165, 1.54) is 11.1 Å². The van der Waals surface area contributed by atoms with Crippen molar-refractivity contribution in [3.63, 3.8) is 0 Å². The Morgan fingerprint density at radius 3 is 2.58 bits per heavy atom. The van der Waals surface area contributed by atoms with Crippen molar-refractivity contribution in [1.29, 1.82) is 0 Å². The highest BCUT2D eigenvalue weighted by Gasteiger charge is 2.31. The highest BCUT2D eigenvalue weighted by atomic mass is 79.9. The number of ether oxygens (including phenoxy) is 1. The highest BCUT2D eigenvalue weighted by molar-refractivity contribution is 9.10. The molecule has 166 valence electrons. The summed E-state index contributed by atoms with van der Waals surface area (Å²) >= 11 is 3.57. The molecule has 2 aromatic carbocycles. The van der Waals surface area contributed by atoms with E-state index in [-0.39, 0.29) is 5.92 Å². The van der Waals surface area contributed by atoms with Crippen LogP contribution in [0.4, 0.5) is 0 Å². The molecule has 0 radical (unpaired) electrons. The first-order valence-corrected chi connectivity index (χ1v) is 12.3. The maximum absolute atomic E-state index is 13.3. The lowest BCUT2D eigenvalue weighted by atomic mass is 9.89. The molecule has 31 heavy (non-hydrogen) atoms. The van der Waals surface area contributed by atoms with Gasteiger partial charge < -0.3 is 9.64 Å². The molecule has 2 saturated heterocycles. The number of halogens is 1. The van der Waals surface area contributed by atoms with Gasteiger partial charge in [-0.1, -0.05) is 46.3 Å². The zero-order chi connectivity index (χ0) is 21.6. The number of piperidine rings is 2. The van der Waals surface area contributed by atoms with Crippen molar-refractivity contribution in [2.45, 2.75) is 38.6 Å². The van der Waals surface area contributed by atoms with Crippen LogP contribution in [0.2, 0.25) is 0 Å². The number of likely N-dealkylation sites (tertiary alicyclic amines) is 2. The van der Waals surface area contributed by atoms with Gasteiger partial charge in [-0.3, -0.25) is 9.69 Å². The molecule has 1 amide bonds. The number of hydrogen-bond acceptors (Lipinski definition) is 3. The standard InChI is InChI=1S/C26H33BrN2O2/c1-31-25-10-9-24(27)17-23(25)19-28-13-5-8-22(18-28)26(30)29-14-11-21(12-15-29)16-20-6-3-2-4-7-20/h2-4,6-7,9-10,17,21-22H,5,8,11-16,18-19H2,1H3. The Morgan fingerprint density at radius 2 is 1.84 bits per heavy atom. The summed E-state index contributed by atoms with van der Waals surface area (Å²) in [5.74, 6) is 2.09. The molecule has 2 aliphatic heterocycles. The Morgan fingerprint density at radius 1 is 1.06 bits per heavy atom. The number of benzene rings is 2. The van der Waals surface area contributed by atoms with E-state index in [1.807, 2.05) is 12.1 Å². The van der Waals surface area contributed by atoms with E-state index in [0.29, 0.717) is 11.8 Å². The molecule has 5 heteroatoms. The van der Waals surface area contributed by atoms with Crippen LogP contribution in [0.5, 0.6) is 5.75 Å². The van der Waals surface area contributed by atoms with Gasteiger partial charge in [-0.15, -0.1) is 0 Å². The van der Waals surface area contributed by atoms with Crippen LogP contribution in [0.3, 0.4) is 0 Å². The van der Waals surface area contributed by atoms with Crippen LogP contribution in [0.25, 0.3) is 0 Å². The molecular weight excluding hydrogens is 452 g/mol. The monoisotopic (exact) mass is 484 g/mol. The normalized spacial score (nSPS) is 20.6. The summed E-state index contributed by atoms with van der Waals surface area (Å²) in [7, 11) is 1.72. The molecule has 0 spiro atoms. The lowest BCUT2D eigenvalue weighted by molar-refractivity contribution is -0.138. The van der Waals surface area contributed by atoms with Gasteiger partial charge in [-0.25, -0.2) is 0 Å². The van der Waals surface area contributed by atoms with Crippen LogP contribution >= 0.6 is 15.9 Å². The second-order valence-electron chi connectivity index (χ2n) is 8.99. The molecule has 0 aromatic heterocycles. The Kier molecular flexibility index (Phi) is 7.67. The van der Waals surface area contributed by atoms with Crippen molar-refractivity contribution in [3.8, 4) is 5.75 Å². The average molecular weight is 485 g/mol. The molecule has 0 N–H and O–H groups in total. The summed E-state index contributed by atoms with van der Waals surface area (Å²) in [5, 5.41) is 0. The number of nitrogens with zero attached hydrogens (tertiary/aromatic N) is 2. The zero-order valence-electron chi connectivity index (χ0n) is 18.4. The molecule has 0 bridgehead atoms. The van der Waals surface area contributed by atoms with E-state index in [9.17, 15) is 4.79 Å². The largest absolute Gasteiger partial charge is 0.496 e. The summed E-state index contributed by atoms with van der Waals surface area (Å²) in [5.41, 5.74) is 2.59. The fraction of sp³-hybridized carbons (Fsp3) is 0.500. The van der Waals surface area contributed by atoms with E-state index in [2.05, 4.69) is 62.1 Å². The van der Waals surface area contributed by atoms with Gasteiger partial charge in [0.15, 0.2) is 0 Å². The predicted molar refractivity (Wildman–Crippen MR) is 128 cm³/mol. The Bertz CT molecular complexity index is 865. The van der Waals surface area contributed by atoms with Crippen LogP contribution in [-0.2, 0) is 17.8 Å². The van der Waals surface area contributed by atoms with E-state index in [1.54, 1.807) is 7.11 Å². The van der Waals surface area contributed by atoms with E-state index >= 15 is 0 Å². The Labute approximate surface area is 194 Å². The maximum atomic E-state index is 13.3. The molecule has 2 aromatic rings. The molecular formula is C26H33BrN2O2. The first kappa shape index (κ1) is 22.3. The number of rotatable bonds is 6. The minimum atomic E-state index is 0.123. The summed E-state index contributed by atoms with van der Waals surface area (Å²) in [4.78, 5) is 17.8. The first-order chi connectivity index (χ1) is 15.1. The fourth-order valence-electron chi connectivity index (χ4n) is 5.08. The molecule has 4 nitrogen and oxygen atoms in total. The van der Waals surface area contributed by atoms with Gasteiger partial charge in [0, 0.05) is 36.2 Å². The number of hydrogen-bond donors (Lipinski definition) is 0. The first-order valence-electron chi connectivity index (χ1n) is 11.5. The van der Waals surface area contributed by atoms with Gasteiger partial charge in [0.05, 0.1) is 13.0 Å². The third kappa shape index (κ3) is 5.89. The minimum absolute atomic E-state index is 0.123. The minimum Gasteiger partial charge on any atom is -0.496 e. The fourth-order valence-corrected chi connectivity index (χ4v) is 5.48. The molecule has 1 unspecified atom stereocenters. The van der Waals surface area contributed by atoms with Gasteiger partial charge in [-0.05, 0) is 68.3 Å². The quantitative estimate of drug-likeness (QED) is 0.568. The molecule has 4 rings (SSSR count). The molecule has 0 saturated carbocycles. The molecule has 2 heterocycles. The van der Waals surface area contributed by atoms with E-state index in [0.717, 1.165) is 75.1 Å². The van der Waals surface area contributed by atoms with Crippen molar-refractivity contribution < 1.29 is 9.53 Å². The summed E-state index contributed by atoms with van der Waals surface area (Å²) in [6, 6.07) is 16.9. The molecule has 0 aliphatic carbocycles. The second-order valence-corrected chi connectivity index (χ2v) is 9.90. The van der Waals surface area contributed by atoms with Crippen LogP contribution in [-0.4, -0.2) is 49.0 Å². The van der Waals surface area contributed by atoms with E-state index in [4.69, 9.17) is 4.74 Å². The van der Waals surface area contributed by atoms with Crippen LogP contribution in [0, 0.1) is 11.8 Å². The Balaban J connectivity index is 1.30. The summed E-state index contributed by atoms with van der Waals surface area (Å²) < 4.78 is 6.60. The third-order valence-corrected chi connectivity index (χ3v) is 7.28. The smallest absolute Gasteiger partial charge is 0.226 e. The molecule has 2 fully saturated rings. The third-order valence-electron chi connectivity index (χ3n) is 6.78. The van der Waals surface area contributed by atoms with Crippen molar-refractivity contribution in [1.82, 2.24) is 9.80 Å². The number of carbonyl (C=O) groups excluding carboxylic acids is 1. The predicted octanol–water partition coefficient (Wildman–Crippen LogP) is 5.15. The van der Waals surface area contributed by atoms with Crippen molar-refractivity contribution >= 4 is 21.8 Å². The van der Waals surface area contributed by atoms with Gasteiger partial charge in [0.25, 0.3) is 0 Å². The number of carbonyl (C=O) groups is 1. The maximum Gasteiger partial charge on any atom is 0.226 e. The van der Waals surface area contributed by atoms with Crippen molar-refractivity contribution in [2.24, 2.45) is 11.8 Å². The van der Waals surface area contributed by atoms with Gasteiger partial charge in [0.2, 0.25) is 5.91 Å². The second kappa shape index (κ2) is 10.6. The highest BCUT2D eigenvalue weighted by Crippen LogP contribution is 2.28. The van der Waals surface area contributed by atoms with Gasteiger partial charge in [0.1, 0.15) is 5.75 Å². The summed E-state index contributed by atoms with van der Waals surface area (Å²) in [6.07, 6.45) is 5.46. The van der Waals surface area contributed by atoms with E-state index < -0.39 is 0 Å². The van der Waals surface area contributed by atoms with Gasteiger partial charge >= 0.3 is 0 Å². The number of amides is 1. The average Bonchev–Trinajstić information content (AvgIpc) is 2.80. The Hall–Kier alpha value is -1.85. The summed E-state index contributed by atoms with van der Waals surface area (Å²) in [6.45, 7) is 4.53. The lowest BCUT2D eigenvalue weighted by Gasteiger charge is -2.38. The van der Waals surface area contributed by atoms with Crippen LogP contribution in [0.1, 0.15) is 36.8 Å². The van der Waals surface area contributed by atoms with Crippen LogP contribution in [0.15, 0.2) is 53.0 Å². The topological polar surface area (TPSA) is 32.8 Å².